The van der Waals surface area contributed by atoms with Crippen LogP contribution in [-0.4, -0.2) is 17.8 Å². The van der Waals surface area contributed by atoms with E-state index in [4.69, 9.17) is 11.6 Å². The number of amides is 1. The van der Waals surface area contributed by atoms with Gasteiger partial charge in [0.15, 0.2) is 0 Å². The molecule has 94 valence electrons. The first-order valence-corrected chi connectivity index (χ1v) is 6.61. The maximum absolute atomic E-state index is 13.7. The molecule has 0 fully saturated rings. The van der Waals surface area contributed by atoms with Crippen LogP contribution >= 0.6 is 27.5 Å². The van der Waals surface area contributed by atoms with E-state index in [-0.39, 0.29) is 22.0 Å². The first-order valence-electron chi connectivity index (χ1n) is 5.28. The first kappa shape index (κ1) is 14.5. The van der Waals surface area contributed by atoms with Crippen molar-refractivity contribution in [2.75, 3.05) is 5.88 Å². The van der Waals surface area contributed by atoms with Crippen LogP contribution in [0.2, 0.25) is 0 Å². The van der Waals surface area contributed by atoms with Gasteiger partial charge in [-0.15, -0.1) is 11.6 Å². The third-order valence-corrected chi connectivity index (χ3v) is 3.43. The molecule has 1 N–H and O–H groups in total. The molecule has 1 atom stereocenters. The van der Waals surface area contributed by atoms with Gasteiger partial charge in [0.1, 0.15) is 5.82 Å². The minimum absolute atomic E-state index is 0.0233. The van der Waals surface area contributed by atoms with Crippen LogP contribution < -0.4 is 5.32 Å². The Hall–Kier alpha value is -0.610. The molecule has 5 heteroatoms. The van der Waals surface area contributed by atoms with Crippen molar-refractivity contribution in [3.05, 3.63) is 34.1 Å². The summed E-state index contributed by atoms with van der Waals surface area (Å²) in [7, 11) is 0. The molecule has 0 aliphatic heterocycles. The zero-order chi connectivity index (χ0) is 13.0. The molecule has 0 spiro atoms. The maximum Gasteiger partial charge on any atom is 0.254 e. The van der Waals surface area contributed by atoms with Crippen LogP contribution in [0.25, 0.3) is 0 Å². The van der Waals surface area contributed by atoms with E-state index < -0.39 is 11.7 Å². The number of carbonyl (C=O) groups excluding carboxylic acids is 1. The van der Waals surface area contributed by atoms with Crippen molar-refractivity contribution in [3.8, 4) is 0 Å². The predicted molar refractivity (Wildman–Crippen MR) is 70.9 cm³/mol. The van der Waals surface area contributed by atoms with Gasteiger partial charge in [-0.3, -0.25) is 4.79 Å². The van der Waals surface area contributed by atoms with Gasteiger partial charge < -0.3 is 5.32 Å². The van der Waals surface area contributed by atoms with Crippen LogP contribution in [0.3, 0.4) is 0 Å². The fourth-order valence-electron chi connectivity index (χ4n) is 1.31. The van der Waals surface area contributed by atoms with Crippen molar-refractivity contribution in [3.63, 3.8) is 0 Å². The van der Waals surface area contributed by atoms with E-state index in [1.54, 1.807) is 12.1 Å². The molecule has 17 heavy (non-hydrogen) atoms. The molecule has 1 aromatic rings. The molecule has 0 saturated heterocycles. The van der Waals surface area contributed by atoms with E-state index >= 15 is 0 Å². The first-order chi connectivity index (χ1) is 7.97. The lowest BCUT2D eigenvalue weighted by molar-refractivity contribution is 0.0927. The molecule has 0 aliphatic carbocycles. The lowest BCUT2D eigenvalue weighted by atomic mass is 10.1. The van der Waals surface area contributed by atoms with E-state index in [1.165, 1.54) is 6.07 Å². The topological polar surface area (TPSA) is 29.1 Å². The molecule has 0 aliphatic rings. The van der Waals surface area contributed by atoms with Gasteiger partial charge in [-0.05, 0) is 34.0 Å². The van der Waals surface area contributed by atoms with Crippen molar-refractivity contribution in [2.24, 2.45) is 5.92 Å². The molecular weight excluding hydrogens is 308 g/mol. The third-order valence-electron chi connectivity index (χ3n) is 2.48. The number of nitrogens with one attached hydrogen (secondary N) is 1. The standard InChI is InChI=1S/C12H14BrClFNO/c1-7(2)10(6-14)16-12(17)8-4-3-5-9(13)11(8)15/h3-5,7,10H,6H2,1-2H3,(H,16,17). The highest BCUT2D eigenvalue weighted by Gasteiger charge is 2.19. The second-order valence-corrected chi connectivity index (χ2v) is 5.24. The van der Waals surface area contributed by atoms with Gasteiger partial charge in [0, 0.05) is 11.9 Å². The fourth-order valence-corrected chi connectivity index (χ4v) is 2.11. The third kappa shape index (κ3) is 3.68. The zero-order valence-electron chi connectivity index (χ0n) is 9.64. The largest absolute Gasteiger partial charge is 0.348 e. The normalized spacial score (nSPS) is 12.6. The molecule has 1 rings (SSSR count). The van der Waals surface area contributed by atoms with Crippen LogP contribution in [-0.2, 0) is 0 Å². The number of carbonyl (C=O) groups is 1. The van der Waals surface area contributed by atoms with Gasteiger partial charge in [0.25, 0.3) is 5.91 Å². The number of rotatable bonds is 4. The van der Waals surface area contributed by atoms with Crippen LogP contribution in [0.15, 0.2) is 22.7 Å². The molecule has 0 radical (unpaired) electrons. The summed E-state index contributed by atoms with van der Waals surface area (Å²) in [5, 5.41) is 2.72. The summed E-state index contributed by atoms with van der Waals surface area (Å²) < 4.78 is 13.9. The smallest absolute Gasteiger partial charge is 0.254 e. The summed E-state index contributed by atoms with van der Waals surface area (Å²) >= 11 is 8.79. The number of alkyl halides is 1. The molecular formula is C12H14BrClFNO. The van der Waals surface area contributed by atoms with E-state index in [0.29, 0.717) is 5.88 Å². The van der Waals surface area contributed by atoms with Crippen molar-refractivity contribution >= 4 is 33.4 Å². The Balaban J connectivity index is 2.86. The average Bonchev–Trinajstić information content (AvgIpc) is 2.28. The predicted octanol–water partition coefficient (Wildman–Crippen LogP) is 3.58. The maximum atomic E-state index is 13.7. The number of benzene rings is 1. The van der Waals surface area contributed by atoms with Crippen LogP contribution in [0.5, 0.6) is 0 Å². The summed E-state index contributed by atoms with van der Waals surface area (Å²) in [6, 6.07) is 4.45. The van der Waals surface area contributed by atoms with E-state index in [9.17, 15) is 9.18 Å². The Kier molecular flexibility index (Phi) is 5.40. The Bertz CT molecular complexity index is 411. The zero-order valence-corrected chi connectivity index (χ0v) is 12.0. The Morgan fingerprint density at radius 3 is 2.71 bits per heavy atom. The summed E-state index contributed by atoms with van der Waals surface area (Å²) in [6.45, 7) is 3.90. The molecule has 0 heterocycles. The number of hydrogen-bond donors (Lipinski definition) is 1. The van der Waals surface area contributed by atoms with E-state index in [2.05, 4.69) is 21.2 Å². The summed E-state index contributed by atoms with van der Waals surface area (Å²) in [4.78, 5) is 11.9. The van der Waals surface area contributed by atoms with Gasteiger partial charge in [0.05, 0.1) is 10.0 Å². The van der Waals surface area contributed by atoms with Crippen molar-refractivity contribution < 1.29 is 9.18 Å². The lowest BCUT2D eigenvalue weighted by Crippen LogP contribution is -2.40. The summed E-state index contributed by atoms with van der Waals surface area (Å²) in [5.74, 6) is -0.490. The van der Waals surface area contributed by atoms with Gasteiger partial charge in [-0.25, -0.2) is 4.39 Å². The summed E-state index contributed by atoms with van der Waals surface area (Å²) in [5.41, 5.74) is 0.0233. The van der Waals surface area contributed by atoms with Gasteiger partial charge in [-0.1, -0.05) is 19.9 Å². The number of halogens is 3. The Morgan fingerprint density at radius 1 is 1.53 bits per heavy atom. The molecule has 1 unspecified atom stereocenters. The van der Waals surface area contributed by atoms with Crippen LogP contribution in [0, 0.1) is 11.7 Å². The van der Waals surface area contributed by atoms with E-state index in [0.717, 1.165) is 0 Å². The van der Waals surface area contributed by atoms with Gasteiger partial charge in [-0.2, -0.15) is 0 Å². The van der Waals surface area contributed by atoms with Crippen molar-refractivity contribution in [2.45, 2.75) is 19.9 Å². The van der Waals surface area contributed by atoms with E-state index in [1.807, 2.05) is 13.8 Å². The van der Waals surface area contributed by atoms with Gasteiger partial charge >= 0.3 is 0 Å². The highest BCUT2D eigenvalue weighted by molar-refractivity contribution is 9.10. The highest BCUT2D eigenvalue weighted by atomic mass is 79.9. The van der Waals surface area contributed by atoms with Crippen molar-refractivity contribution in [1.29, 1.82) is 0 Å². The minimum Gasteiger partial charge on any atom is -0.348 e. The van der Waals surface area contributed by atoms with Crippen LogP contribution in [0.4, 0.5) is 4.39 Å². The SMILES string of the molecule is CC(C)C(CCl)NC(=O)c1cccc(Br)c1F. The highest BCUT2D eigenvalue weighted by Crippen LogP contribution is 2.18. The molecule has 0 bridgehead atoms. The fraction of sp³-hybridized carbons (Fsp3) is 0.417. The van der Waals surface area contributed by atoms with Crippen molar-refractivity contribution in [1.82, 2.24) is 5.32 Å². The summed E-state index contributed by atoms with van der Waals surface area (Å²) in [6.07, 6.45) is 0. The monoisotopic (exact) mass is 321 g/mol. The Morgan fingerprint density at radius 2 is 2.18 bits per heavy atom. The second-order valence-electron chi connectivity index (χ2n) is 4.08. The quantitative estimate of drug-likeness (QED) is 0.844. The molecule has 0 aromatic heterocycles. The minimum atomic E-state index is -0.554. The molecule has 1 amide bonds. The van der Waals surface area contributed by atoms with Gasteiger partial charge in [0.2, 0.25) is 0 Å². The van der Waals surface area contributed by atoms with Crippen LogP contribution in [0.1, 0.15) is 24.2 Å². The number of hydrogen-bond acceptors (Lipinski definition) is 1. The molecule has 0 saturated carbocycles. The second kappa shape index (κ2) is 6.36. The lowest BCUT2D eigenvalue weighted by Gasteiger charge is -2.19. The molecule has 2 nitrogen and oxygen atoms in total. The molecule has 1 aromatic carbocycles. The Labute approximate surface area is 114 Å². The average molecular weight is 323 g/mol.